The third-order valence-corrected chi connectivity index (χ3v) is 4.68. The third-order valence-electron chi connectivity index (χ3n) is 4.68. The van der Waals surface area contributed by atoms with E-state index in [1.807, 2.05) is 20.8 Å². The Kier molecular flexibility index (Phi) is 5.00. The van der Waals surface area contributed by atoms with Gasteiger partial charge in [0.2, 0.25) is 0 Å². The molecule has 1 saturated carbocycles. The summed E-state index contributed by atoms with van der Waals surface area (Å²) in [6.45, 7) is 7.22. The van der Waals surface area contributed by atoms with Gasteiger partial charge in [-0.3, -0.25) is 0 Å². The van der Waals surface area contributed by atoms with Crippen molar-refractivity contribution >= 4 is 16.9 Å². The lowest BCUT2D eigenvalue weighted by atomic mass is 9.76. The van der Waals surface area contributed by atoms with E-state index in [1.54, 1.807) is 0 Å². The molecule has 134 valence electrons. The van der Waals surface area contributed by atoms with Crippen molar-refractivity contribution in [2.45, 2.75) is 57.7 Å². The number of carbonyl (C=O) groups excluding carboxylic acids is 1. The van der Waals surface area contributed by atoms with Crippen LogP contribution in [0.1, 0.15) is 45.6 Å². The van der Waals surface area contributed by atoms with E-state index < -0.39 is 5.60 Å². The van der Waals surface area contributed by atoms with Crippen molar-refractivity contribution in [2.24, 2.45) is 0 Å². The van der Waals surface area contributed by atoms with Crippen molar-refractivity contribution in [2.75, 3.05) is 6.54 Å². The lowest BCUT2D eigenvalue weighted by Crippen LogP contribution is -2.59. The molecule has 0 radical (unpaired) electrons. The smallest absolute Gasteiger partial charge is 0.408 e. The van der Waals surface area contributed by atoms with E-state index >= 15 is 0 Å². The number of alkyl carbamates (subject to hydrolysis) is 1. The molecule has 1 fully saturated rings. The number of amides is 1. The Bertz CT molecular complexity index is 745. The Morgan fingerprint density at radius 3 is 2.48 bits per heavy atom. The van der Waals surface area contributed by atoms with E-state index in [0.717, 1.165) is 32.4 Å². The van der Waals surface area contributed by atoms with Crippen LogP contribution in [0.5, 0.6) is 0 Å². The standard InChI is InChI=1S/C21H28N2O2/c1-20(2,3)25-19(24)23-21(11-6-12-21)15-22-14-16-9-10-17-7-4-5-8-18(17)13-16/h4-5,7-10,13,22H,6,11-12,14-15H2,1-3H3,(H,23,24). The van der Waals surface area contributed by atoms with Crippen molar-refractivity contribution in [1.82, 2.24) is 10.6 Å². The highest BCUT2D eigenvalue weighted by Crippen LogP contribution is 2.31. The average Bonchev–Trinajstić information content (AvgIpc) is 2.50. The largest absolute Gasteiger partial charge is 0.444 e. The van der Waals surface area contributed by atoms with Crippen LogP contribution in [-0.4, -0.2) is 23.8 Å². The van der Waals surface area contributed by atoms with Crippen LogP contribution in [0.2, 0.25) is 0 Å². The van der Waals surface area contributed by atoms with Crippen LogP contribution in [0, 0.1) is 0 Å². The first-order valence-electron chi connectivity index (χ1n) is 9.05. The highest BCUT2D eigenvalue weighted by atomic mass is 16.6. The summed E-state index contributed by atoms with van der Waals surface area (Å²) in [7, 11) is 0. The van der Waals surface area contributed by atoms with Crippen molar-refractivity contribution in [3.05, 3.63) is 48.0 Å². The maximum absolute atomic E-state index is 12.1. The number of nitrogens with one attached hydrogen (secondary N) is 2. The summed E-state index contributed by atoms with van der Waals surface area (Å²) in [6, 6.07) is 14.9. The molecule has 0 bridgehead atoms. The van der Waals surface area contributed by atoms with E-state index in [0.29, 0.717) is 0 Å². The van der Waals surface area contributed by atoms with Crippen molar-refractivity contribution < 1.29 is 9.53 Å². The summed E-state index contributed by atoms with van der Waals surface area (Å²) < 4.78 is 5.40. The fraction of sp³-hybridized carbons (Fsp3) is 0.476. The van der Waals surface area contributed by atoms with Crippen LogP contribution in [0.4, 0.5) is 4.79 Å². The summed E-state index contributed by atoms with van der Waals surface area (Å²) in [5.41, 5.74) is 0.623. The van der Waals surface area contributed by atoms with Crippen LogP contribution in [-0.2, 0) is 11.3 Å². The number of benzene rings is 2. The summed E-state index contributed by atoms with van der Waals surface area (Å²) in [4.78, 5) is 12.1. The molecule has 2 N–H and O–H groups in total. The van der Waals surface area contributed by atoms with Gasteiger partial charge in [-0.15, -0.1) is 0 Å². The van der Waals surface area contributed by atoms with Crippen molar-refractivity contribution in [1.29, 1.82) is 0 Å². The van der Waals surface area contributed by atoms with Gasteiger partial charge in [-0.1, -0.05) is 36.4 Å². The maximum Gasteiger partial charge on any atom is 0.408 e. The van der Waals surface area contributed by atoms with Gasteiger partial charge in [-0.2, -0.15) is 0 Å². The number of fused-ring (bicyclic) bond motifs is 1. The predicted molar refractivity (Wildman–Crippen MR) is 102 cm³/mol. The minimum absolute atomic E-state index is 0.167. The number of hydrogen-bond acceptors (Lipinski definition) is 3. The summed E-state index contributed by atoms with van der Waals surface area (Å²) in [5.74, 6) is 0. The second-order valence-electron chi connectivity index (χ2n) is 8.05. The van der Waals surface area contributed by atoms with E-state index in [1.165, 1.54) is 16.3 Å². The molecule has 1 amide bonds. The molecule has 0 atom stereocenters. The second-order valence-corrected chi connectivity index (χ2v) is 8.05. The van der Waals surface area contributed by atoms with Gasteiger partial charge >= 0.3 is 6.09 Å². The Labute approximate surface area is 149 Å². The summed E-state index contributed by atoms with van der Waals surface area (Å²) in [6.07, 6.45) is 2.82. The topological polar surface area (TPSA) is 50.4 Å². The van der Waals surface area contributed by atoms with Crippen molar-refractivity contribution in [3.63, 3.8) is 0 Å². The molecular formula is C21H28N2O2. The molecule has 0 unspecified atom stereocenters. The normalized spacial score (nSPS) is 16.3. The molecule has 3 rings (SSSR count). The average molecular weight is 340 g/mol. The van der Waals surface area contributed by atoms with Gasteiger partial charge in [-0.05, 0) is 62.4 Å². The van der Waals surface area contributed by atoms with Crippen LogP contribution in [0.25, 0.3) is 10.8 Å². The molecule has 2 aromatic rings. The molecule has 2 aromatic carbocycles. The molecular weight excluding hydrogens is 312 g/mol. The minimum atomic E-state index is -0.465. The van der Waals surface area contributed by atoms with Gasteiger partial charge < -0.3 is 15.4 Å². The molecule has 1 aliphatic carbocycles. The van der Waals surface area contributed by atoms with E-state index in [9.17, 15) is 4.79 Å². The van der Waals surface area contributed by atoms with E-state index in [-0.39, 0.29) is 11.6 Å². The zero-order valence-corrected chi connectivity index (χ0v) is 15.4. The number of ether oxygens (including phenoxy) is 1. The van der Waals surface area contributed by atoms with Crippen LogP contribution >= 0.6 is 0 Å². The van der Waals surface area contributed by atoms with Crippen LogP contribution in [0.3, 0.4) is 0 Å². The highest BCUT2D eigenvalue weighted by molar-refractivity contribution is 5.82. The molecule has 25 heavy (non-hydrogen) atoms. The predicted octanol–water partition coefficient (Wildman–Crippen LogP) is 4.38. The molecule has 4 heteroatoms. The van der Waals surface area contributed by atoms with Gasteiger partial charge in [0.05, 0.1) is 5.54 Å². The van der Waals surface area contributed by atoms with Gasteiger partial charge in [0.25, 0.3) is 0 Å². The molecule has 0 spiro atoms. The summed E-state index contributed by atoms with van der Waals surface area (Å²) in [5, 5.41) is 9.10. The second kappa shape index (κ2) is 7.04. The minimum Gasteiger partial charge on any atom is -0.444 e. The molecule has 0 aromatic heterocycles. The van der Waals surface area contributed by atoms with E-state index in [4.69, 9.17) is 4.74 Å². The Balaban J connectivity index is 1.54. The number of rotatable bonds is 5. The first-order valence-corrected chi connectivity index (χ1v) is 9.05. The van der Waals surface area contributed by atoms with Crippen molar-refractivity contribution in [3.8, 4) is 0 Å². The highest BCUT2D eigenvalue weighted by Gasteiger charge is 2.39. The Morgan fingerprint density at radius 1 is 1.12 bits per heavy atom. The molecule has 0 aliphatic heterocycles. The fourth-order valence-corrected chi connectivity index (χ4v) is 3.26. The quantitative estimate of drug-likeness (QED) is 0.849. The van der Waals surface area contributed by atoms with Crippen LogP contribution < -0.4 is 10.6 Å². The molecule has 4 nitrogen and oxygen atoms in total. The van der Waals surface area contributed by atoms with Gasteiger partial charge in [0.15, 0.2) is 0 Å². The molecule has 1 aliphatic rings. The summed E-state index contributed by atoms with van der Waals surface area (Å²) >= 11 is 0. The SMILES string of the molecule is CC(C)(C)OC(=O)NC1(CNCc2ccc3ccccc3c2)CCC1. The first kappa shape index (κ1) is 17.7. The first-order chi connectivity index (χ1) is 11.9. The van der Waals surface area contributed by atoms with Crippen LogP contribution in [0.15, 0.2) is 42.5 Å². The zero-order chi connectivity index (χ0) is 17.9. The lowest BCUT2D eigenvalue weighted by molar-refractivity contribution is 0.0382. The number of hydrogen-bond donors (Lipinski definition) is 2. The zero-order valence-electron chi connectivity index (χ0n) is 15.4. The monoisotopic (exact) mass is 340 g/mol. The van der Waals surface area contributed by atoms with Gasteiger partial charge in [0, 0.05) is 13.1 Å². The Hall–Kier alpha value is -2.07. The maximum atomic E-state index is 12.1. The number of carbonyl (C=O) groups is 1. The fourth-order valence-electron chi connectivity index (χ4n) is 3.26. The molecule has 0 saturated heterocycles. The molecule has 0 heterocycles. The third kappa shape index (κ3) is 4.73. The van der Waals surface area contributed by atoms with Gasteiger partial charge in [-0.25, -0.2) is 4.79 Å². The van der Waals surface area contributed by atoms with Gasteiger partial charge in [0.1, 0.15) is 5.60 Å². The lowest BCUT2D eigenvalue weighted by Gasteiger charge is -2.42. The Morgan fingerprint density at radius 2 is 1.84 bits per heavy atom. The van der Waals surface area contributed by atoms with E-state index in [2.05, 4.69) is 53.1 Å².